The molecule has 0 radical (unpaired) electrons. The number of carbonyl (C=O) groups excluding carboxylic acids is 2. The van der Waals surface area contributed by atoms with Gasteiger partial charge in [0.25, 0.3) is 11.8 Å². The zero-order valence-electron chi connectivity index (χ0n) is 19.0. The van der Waals surface area contributed by atoms with Crippen molar-refractivity contribution in [2.24, 2.45) is 0 Å². The van der Waals surface area contributed by atoms with E-state index in [9.17, 15) is 14.9 Å². The summed E-state index contributed by atoms with van der Waals surface area (Å²) in [4.78, 5) is 27.3. The third kappa shape index (κ3) is 4.88. The highest BCUT2D eigenvalue weighted by molar-refractivity contribution is 6.43. The van der Waals surface area contributed by atoms with Crippen molar-refractivity contribution in [1.82, 2.24) is 4.90 Å². The second-order valence-corrected chi connectivity index (χ2v) is 8.62. The van der Waals surface area contributed by atoms with Gasteiger partial charge in [0, 0.05) is 17.7 Å². The maximum atomic E-state index is 13.3. The third-order valence-corrected chi connectivity index (χ3v) is 6.56. The molecule has 1 aliphatic rings. The number of imide groups is 1. The molecule has 35 heavy (non-hydrogen) atoms. The molecule has 0 saturated heterocycles. The van der Waals surface area contributed by atoms with Crippen LogP contribution >= 0.6 is 23.2 Å². The van der Waals surface area contributed by atoms with E-state index in [1.165, 1.54) is 6.08 Å². The van der Waals surface area contributed by atoms with Gasteiger partial charge in [0.05, 0.1) is 17.2 Å². The summed E-state index contributed by atoms with van der Waals surface area (Å²) in [7, 11) is 1.58. The number of nitrogens with zero attached hydrogens (tertiary/aromatic N) is 2. The molecular formula is C27H20Cl2N2O4. The van der Waals surface area contributed by atoms with Crippen molar-refractivity contribution >= 4 is 41.1 Å². The second-order valence-electron chi connectivity index (χ2n) is 7.83. The Morgan fingerprint density at radius 3 is 2.49 bits per heavy atom. The SMILES string of the molecule is COc1ccc(CCN2C(=O)C(C#N)=C(C)/C(=C\c3ccc(-c4cccc(Cl)c4Cl)o3)C2=O)cc1. The normalized spacial score (nSPS) is 15.1. The molecule has 2 aromatic carbocycles. The van der Waals surface area contributed by atoms with Crippen LogP contribution in [0.5, 0.6) is 5.75 Å². The Morgan fingerprint density at radius 2 is 1.80 bits per heavy atom. The number of hydrogen-bond donors (Lipinski definition) is 0. The van der Waals surface area contributed by atoms with Crippen molar-refractivity contribution < 1.29 is 18.7 Å². The molecular weight excluding hydrogens is 487 g/mol. The molecule has 0 N–H and O–H groups in total. The van der Waals surface area contributed by atoms with Gasteiger partial charge in [0.2, 0.25) is 0 Å². The van der Waals surface area contributed by atoms with Gasteiger partial charge in [-0.1, -0.05) is 41.4 Å². The highest BCUT2D eigenvalue weighted by Gasteiger charge is 2.35. The molecule has 0 unspecified atom stereocenters. The van der Waals surface area contributed by atoms with E-state index in [1.807, 2.05) is 30.3 Å². The molecule has 8 heteroatoms. The standard InChI is InChI=1S/C27H20Cl2N2O4/c1-16-21(14-19-10-11-24(35-19)20-4-3-5-23(28)25(20)29)26(32)31(27(33)22(16)15-30)13-12-17-6-8-18(34-2)9-7-17/h3-11,14H,12-13H2,1-2H3/b21-14+. The minimum absolute atomic E-state index is 0.0738. The summed E-state index contributed by atoms with van der Waals surface area (Å²) >= 11 is 12.4. The molecule has 0 fully saturated rings. The van der Waals surface area contributed by atoms with Crippen LogP contribution in [0.15, 0.2) is 75.7 Å². The number of amides is 2. The summed E-state index contributed by atoms with van der Waals surface area (Å²) in [6.45, 7) is 1.71. The van der Waals surface area contributed by atoms with Gasteiger partial charge in [0.1, 0.15) is 28.9 Å². The van der Waals surface area contributed by atoms with Crippen LogP contribution in [0.1, 0.15) is 18.2 Å². The van der Waals surface area contributed by atoms with E-state index in [-0.39, 0.29) is 17.7 Å². The van der Waals surface area contributed by atoms with Crippen molar-refractivity contribution in [3.8, 4) is 23.1 Å². The highest BCUT2D eigenvalue weighted by atomic mass is 35.5. The molecule has 2 heterocycles. The smallest absolute Gasteiger partial charge is 0.271 e. The number of benzene rings is 2. The fourth-order valence-corrected chi connectivity index (χ4v) is 4.17. The van der Waals surface area contributed by atoms with Crippen LogP contribution in [0.25, 0.3) is 17.4 Å². The minimum atomic E-state index is -0.605. The van der Waals surface area contributed by atoms with E-state index in [2.05, 4.69) is 0 Å². The number of methoxy groups -OCH3 is 1. The Labute approximate surface area is 212 Å². The summed E-state index contributed by atoms with van der Waals surface area (Å²) in [5.41, 5.74) is 1.99. The molecule has 0 aliphatic carbocycles. The molecule has 0 spiro atoms. The first-order valence-corrected chi connectivity index (χ1v) is 11.5. The first kappa shape index (κ1) is 24.3. The van der Waals surface area contributed by atoms with E-state index in [0.717, 1.165) is 10.5 Å². The quantitative estimate of drug-likeness (QED) is 0.298. The monoisotopic (exact) mass is 506 g/mol. The van der Waals surface area contributed by atoms with Crippen LogP contribution in [0, 0.1) is 11.3 Å². The van der Waals surface area contributed by atoms with Crippen LogP contribution in [-0.4, -0.2) is 30.4 Å². The second kappa shape index (κ2) is 10.2. The average Bonchev–Trinajstić information content (AvgIpc) is 3.32. The minimum Gasteiger partial charge on any atom is -0.497 e. The number of furan rings is 1. The lowest BCUT2D eigenvalue weighted by atomic mass is 9.94. The van der Waals surface area contributed by atoms with Crippen molar-refractivity contribution in [2.45, 2.75) is 13.3 Å². The van der Waals surface area contributed by atoms with Gasteiger partial charge in [0.15, 0.2) is 0 Å². The molecule has 0 saturated carbocycles. The highest BCUT2D eigenvalue weighted by Crippen LogP contribution is 2.35. The van der Waals surface area contributed by atoms with Crippen molar-refractivity contribution in [1.29, 1.82) is 5.26 Å². The molecule has 3 aromatic rings. The van der Waals surface area contributed by atoms with Gasteiger partial charge in [-0.2, -0.15) is 5.26 Å². The van der Waals surface area contributed by atoms with Gasteiger partial charge in [-0.25, -0.2) is 0 Å². The Kier molecular flexibility index (Phi) is 7.11. The molecule has 1 aromatic heterocycles. The molecule has 6 nitrogen and oxygen atoms in total. The maximum Gasteiger partial charge on any atom is 0.271 e. The fraction of sp³-hybridized carbons (Fsp3) is 0.148. The summed E-state index contributed by atoms with van der Waals surface area (Å²) < 4.78 is 11.1. The van der Waals surface area contributed by atoms with Gasteiger partial charge < -0.3 is 9.15 Å². The predicted octanol–water partition coefficient (Wildman–Crippen LogP) is 6.10. The Morgan fingerprint density at radius 1 is 1.06 bits per heavy atom. The number of rotatable bonds is 6. The number of carbonyl (C=O) groups is 2. The lowest BCUT2D eigenvalue weighted by Gasteiger charge is -2.27. The summed E-state index contributed by atoms with van der Waals surface area (Å²) in [6.07, 6.45) is 1.97. The molecule has 176 valence electrons. The summed E-state index contributed by atoms with van der Waals surface area (Å²) in [5.74, 6) is 0.472. The van der Waals surface area contributed by atoms with Crippen molar-refractivity contribution in [3.63, 3.8) is 0 Å². The van der Waals surface area contributed by atoms with Crippen LogP contribution in [0.4, 0.5) is 0 Å². The van der Waals surface area contributed by atoms with Gasteiger partial charge >= 0.3 is 0 Å². The summed E-state index contributed by atoms with van der Waals surface area (Å²) in [5, 5.41) is 10.4. The van der Waals surface area contributed by atoms with E-state index in [0.29, 0.717) is 44.9 Å². The number of hydrogen-bond acceptors (Lipinski definition) is 5. The average molecular weight is 507 g/mol. The Hall–Kier alpha value is -3.79. The van der Waals surface area contributed by atoms with Crippen molar-refractivity contribution in [3.05, 3.63) is 92.7 Å². The first-order chi connectivity index (χ1) is 16.8. The van der Waals surface area contributed by atoms with Crippen LogP contribution < -0.4 is 4.74 Å². The van der Waals surface area contributed by atoms with Gasteiger partial charge in [-0.15, -0.1) is 0 Å². The third-order valence-electron chi connectivity index (χ3n) is 5.74. The number of ether oxygens (including phenoxy) is 1. The molecule has 0 atom stereocenters. The Balaban J connectivity index is 1.63. The van der Waals surface area contributed by atoms with Gasteiger partial charge in [-0.05, 0) is 67.0 Å². The zero-order chi connectivity index (χ0) is 25.1. The number of halogens is 2. The van der Waals surface area contributed by atoms with Gasteiger partial charge in [-0.3, -0.25) is 14.5 Å². The van der Waals surface area contributed by atoms with Crippen LogP contribution in [0.2, 0.25) is 10.0 Å². The van der Waals surface area contributed by atoms with Crippen molar-refractivity contribution in [2.75, 3.05) is 13.7 Å². The first-order valence-electron chi connectivity index (χ1n) is 10.7. The lowest BCUT2D eigenvalue weighted by Crippen LogP contribution is -2.43. The lowest BCUT2D eigenvalue weighted by molar-refractivity contribution is -0.140. The predicted molar refractivity (Wildman–Crippen MR) is 134 cm³/mol. The Bertz CT molecular complexity index is 1410. The van der Waals surface area contributed by atoms with E-state index in [4.69, 9.17) is 32.4 Å². The van der Waals surface area contributed by atoms with E-state index in [1.54, 1.807) is 44.4 Å². The fourth-order valence-electron chi connectivity index (χ4n) is 3.78. The topological polar surface area (TPSA) is 83.5 Å². The zero-order valence-corrected chi connectivity index (χ0v) is 20.5. The largest absolute Gasteiger partial charge is 0.497 e. The molecule has 1 aliphatic heterocycles. The molecule has 2 amide bonds. The molecule has 4 rings (SSSR count). The maximum absolute atomic E-state index is 13.3. The summed E-state index contributed by atoms with van der Waals surface area (Å²) in [6, 6.07) is 17.9. The molecule has 0 bridgehead atoms. The van der Waals surface area contributed by atoms with Crippen LogP contribution in [0.3, 0.4) is 0 Å². The van der Waals surface area contributed by atoms with E-state index < -0.39 is 11.8 Å². The van der Waals surface area contributed by atoms with E-state index >= 15 is 0 Å². The number of nitriles is 1. The van der Waals surface area contributed by atoms with Crippen LogP contribution in [-0.2, 0) is 16.0 Å².